The van der Waals surface area contributed by atoms with Gasteiger partial charge in [-0.05, 0) is 13.8 Å². The number of hydrogen-bond acceptors (Lipinski definition) is 6. The average molecular weight is 267 g/mol. The first kappa shape index (κ1) is 13.5. The zero-order chi connectivity index (χ0) is 13.9. The number of aromatic nitrogens is 2. The van der Waals surface area contributed by atoms with Gasteiger partial charge in [0.05, 0.1) is 13.2 Å². The Hall–Kier alpha value is -1.89. The summed E-state index contributed by atoms with van der Waals surface area (Å²) in [6.45, 7) is 4.65. The predicted molar refractivity (Wildman–Crippen MR) is 67.4 cm³/mol. The lowest BCUT2D eigenvalue weighted by Gasteiger charge is -2.23. The minimum absolute atomic E-state index is 0.101. The Morgan fingerprint density at radius 3 is 3.00 bits per heavy atom. The van der Waals surface area contributed by atoms with Crippen molar-refractivity contribution in [3.63, 3.8) is 0 Å². The first-order chi connectivity index (χ1) is 9.05. The first-order valence-corrected chi connectivity index (χ1v) is 6.13. The SMILES string of the molecule is CCOc1cc(C)nc(NC2(C(=O)O)CCOC2)n1. The van der Waals surface area contributed by atoms with Crippen molar-refractivity contribution in [2.45, 2.75) is 25.8 Å². The number of hydrogen-bond donors (Lipinski definition) is 2. The van der Waals surface area contributed by atoms with E-state index < -0.39 is 11.5 Å². The van der Waals surface area contributed by atoms with Gasteiger partial charge in [0.1, 0.15) is 0 Å². The molecule has 2 heterocycles. The van der Waals surface area contributed by atoms with Crippen LogP contribution < -0.4 is 10.1 Å². The van der Waals surface area contributed by atoms with Crippen LogP contribution in [0.2, 0.25) is 0 Å². The summed E-state index contributed by atoms with van der Waals surface area (Å²) < 4.78 is 10.5. The van der Waals surface area contributed by atoms with Gasteiger partial charge in [-0.2, -0.15) is 4.98 Å². The molecule has 0 bridgehead atoms. The van der Waals surface area contributed by atoms with Crippen molar-refractivity contribution in [2.24, 2.45) is 0 Å². The van der Waals surface area contributed by atoms with Gasteiger partial charge in [0.25, 0.3) is 0 Å². The normalized spacial score (nSPS) is 22.2. The van der Waals surface area contributed by atoms with Crippen LogP contribution >= 0.6 is 0 Å². The molecule has 7 heteroatoms. The predicted octanol–water partition coefficient (Wildman–Crippen LogP) is 0.839. The quantitative estimate of drug-likeness (QED) is 0.816. The molecule has 7 nitrogen and oxygen atoms in total. The van der Waals surface area contributed by atoms with E-state index in [-0.39, 0.29) is 12.6 Å². The molecule has 1 saturated heterocycles. The average Bonchev–Trinajstić information content (AvgIpc) is 2.78. The van der Waals surface area contributed by atoms with Gasteiger partial charge < -0.3 is 19.9 Å². The summed E-state index contributed by atoms with van der Waals surface area (Å²) in [5.74, 6) is -0.290. The summed E-state index contributed by atoms with van der Waals surface area (Å²) in [6.07, 6.45) is 0.379. The summed E-state index contributed by atoms with van der Waals surface area (Å²) in [5, 5.41) is 12.2. The third-order valence-electron chi connectivity index (χ3n) is 2.91. The molecule has 19 heavy (non-hydrogen) atoms. The number of carboxylic acid groups (broad SMARTS) is 1. The number of anilines is 1. The van der Waals surface area contributed by atoms with Crippen molar-refractivity contribution in [1.29, 1.82) is 0 Å². The lowest BCUT2D eigenvalue weighted by molar-refractivity contribution is -0.142. The van der Waals surface area contributed by atoms with Crippen molar-refractivity contribution >= 4 is 11.9 Å². The molecule has 1 aliphatic rings. The largest absolute Gasteiger partial charge is 0.479 e. The number of carboxylic acids is 1. The van der Waals surface area contributed by atoms with Crippen LogP contribution in [0.15, 0.2) is 6.07 Å². The summed E-state index contributed by atoms with van der Waals surface area (Å²) >= 11 is 0. The molecular formula is C12H17N3O4. The molecule has 0 aliphatic carbocycles. The van der Waals surface area contributed by atoms with Crippen LogP contribution in [0.4, 0.5) is 5.95 Å². The van der Waals surface area contributed by atoms with Gasteiger partial charge in [0.15, 0.2) is 5.54 Å². The van der Waals surface area contributed by atoms with Crippen LogP contribution in [0, 0.1) is 6.92 Å². The Morgan fingerprint density at radius 2 is 2.42 bits per heavy atom. The smallest absolute Gasteiger partial charge is 0.331 e. The molecule has 1 aliphatic heterocycles. The molecule has 0 spiro atoms. The van der Waals surface area contributed by atoms with E-state index in [9.17, 15) is 9.90 Å². The van der Waals surface area contributed by atoms with Crippen LogP contribution in [0.5, 0.6) is 5.88 Å². The summed E-state index contributed by atoms with van der Waals surface area (Å²) in [4.78, 5) is 19.7. The minimum atomic E-state index is -1.16. The van der Waals surface area contributed by atoms with Gasteiger partial charge in [0.2, 0.25) is 11.8 Å². The fourth-order valence-electron chi connectivity index (χ4n) is 1.92. The number of aryl methyl sites for hydroxylation is 1. The summed E-state index contributed by atoms with van der Waals surface area (Å²) in [7, 11) is 0. The second kappa shape index (κ2) is 5.40. The highest BCUT2D eigenvalue weighted by Gasteiger charge is 2.43. The van der Waals surface area contributed by atoms with Crippen molar-refractivity contribution in [2.75, 3.05) is 25.1 Å². The topological polar surface area (TPSA) is 93.6 Å². The number of aliphatic carboxylic acids is 1. The minimum Gasteiger partial charge on any atom is -0.479 e. The number of ether oxygens (including phenoxy) is 2. The Kier molecular flexibility index (Phi) is 3.84. The maximum atomic E-state index is 11.4. The fraction of sp³-hybridized carbons (Fsp3) is 0.583. The molecular weight excluding hydrogens is 250 g/mol. The number of nitrogens with zero attached hydrogens (tertiary/aromatic N) is 2. The van der Waals surface area contributed by atoms with Gasteiger partial charge in [-0.25, -0.2) is 9.78 Å². The maximum absolute atomic E-state index is 11.4. The first-order valence-electron chi connectivity index (χ1n) is 6.13. The van der Waals surface area contributed by atoms with Crippen molar-refractivity contribution in [3.05, 3.63) is 11.8 Å². The Bertz CT molecular complexity index is 472. The molecule has 0 radical (unpaired) electrons. The lowest BCUT2D eigenvalue weighted by Crippen LogP contribution is -2.47. The molecule has 0 aromatic carbocycles. The number of nitrogens with one attached hydrogen (secondary N) is 1. The molecule has 1 fully saturated rings. The van der Waals surface area contributed by atoms with E-state index in [2.05, 4.69) is 15.3 Å². The van der Waals surface area contributed by atoms with E-state index >= 15 is 0 Å². The van der Waals surface area contributed by atoms with E-state index in [4.69, 9.17) is 9.47 Å². The molecule has 1 atom stereocenters. The maximum Gasteiger partial charge on any atom is 0.331 e. The third-order valence-corrected chi connectivity index (χ3v) is 2.91. The highest BCUT2D eigenvalue weighted by atomic mass is 16.5. The standard InChI is InChI=1S/C12H17N3O4/c1-3-19-9-6-8(2)13-11(14-9)15-12(10(16)17)4-5-18-7-12/h6H,3-5,7H2,1-2H3,(H,16,17)(H,13,14,15). The Morgan fingerprint density at radius 1 is 1.63 bits per heavy atom. The molecule has 0 saturated carbocycles. The van der Waals surface area contributed by atoms with E-state index in [0.717, 1.165) is 0 Å². The van der Waals surface area contributed by atoms with Crippen molar-refractivity contribution in [3.8, 4) is 5.88 Å². The van der Waals surface area contributed by atoms with Crippen molar-refractivity contribution < 1.29 is 19.4 Å². The van der Waals surface area contributed by atoms with E-state index in [0.29, 0.717) is 31.2 Å². The zero-order valence-corrected chi connectivity index (χ0v) is 11.0. The lowest BCUT2D eigenvalue weighted by atomic mass is 9.99. The molecule has 1 aromatic rings. The Balaban J connectivity index is 2.24. The molecule has 0 amide bonds. The summed E-state index contributed by atoms with van der Waals surface area (Å²) in [6, 6.07) is 1.70. The molecule has 1 unspecified atom stereocenters. The molecule has 1 aromatic heterocycles. The van der Waals surface area contributed by atoms with Gasteiger partial charge in [-0.1, -0.05) is 0 Å². The fourth-order valence-corrected chi connectivity index (χ4v) is 1.92. The van der Waals surface area contributed by atoms with E-state index in [1.807, 2.05) is 6.92 Å². The van der Waals surface area contributed by atoms with Crippen LogP contribution in [-0.2, 0) is 9.53 Å². The molecule has 2 N–H and O–H groups in total. The highest BCUT2D eigenvalue weighted by molar-refractivity contribution is 5.82. The van der Waals surface area contributed by atoms with Crippen LogP contribution in [-0.4, -0.2) is 46.4 Å². The second-order valence-corrected chi connectivity index (χ2v) is 4.42. The van der Waals surface area contributed by atoms with Crippen LogP contribution in [0.3, 0.4) is 0 Å². The highest BCUT2D eigenvalue weighted by Crippen LogP contribution is 2.24. The summed E-state index contributed by atoms with van der Waals surface area (Å²) in [5.41, 5.74) is -0.447. The van der Waals surface area contributed by atoms with E-state index in [1.165, 1.54) is 0 Å². The second-order valence-electron chi connectivity index (χ2n) is 4.42. The van der Waals surface area contributed by atoms with E-state index in [1.54, 1.807) is 13.0 Å². The van der Waals surface area contributed by atoms with Crippen molar-refractivity contribution in [1.82, 2.24) is 9.97 Å². The van der Waals surface area contributed by atoms with Crippen LogP contribution in [0.1, 0.15) is 19.0 Å². The Labute approximate surface area is 111 Å². The number of rotatable bonds is 5. The third kappa shape index (κ3) is 2.93. The van der Waals surface area contributed by atoms with Gasteiger partial charge >= 0.3 is 5.97 Å². The monoisotopic (exact) mass is 267 g/mol. The van der Waals surface area contributed by atoms with Gasteiger partial charge in [0, 0.05) is 24.8 Å². The molecule has 2 rings (SSSR count). The van der Waals surface area contributed by atoms with Gasteiger partial charge in [-0.3, -0.25) is 0 Å². The van der Waals surface area contributed by atoms with Crippen LogP contribution in [0.25, 0.3) is 0 Å². The van der Waals surface area contributed by atoms with Gasteiger partial charge in [-0.15, -0.1) is 0 Å². The molecule has 104 valence electrons. The number of carbonyl (C=O) groups is 1. The zero-order valence-electron chi connectivity index (χ0n) is 11.0.